The predicted molar refractivity (Wildman–Crippen MR) is 61.4 cm³/mol. The zero-order valence-corrected chi connectivity index (χ0v) is 9.30. The topological polar surface area (TPSA) is 69.4 Å². The molecule has 0 heterocycles. The van der Waals surface area contributed by atoms with Gasteiger partial charge in [-0.05, 0) is 37.8 Å². The van der Waals surface area contributed by atoms with E-state index in [-0.39, 0.29) is 23.1 Å². The largest absolute Gasteiger partial charge is 0.484 e. The van der Waals surface area contributed by atoms with E-state index in [1.807, 2.05) is 0 Å². The highest BCUT2D eigenvalue weighted by atomic mass is 16.6. The van der Waals surface area contributed by atoms with Crippen molar-refractivity contribution in [2.45, 2.75) is 31.8 Å². The highest BCUT2D eigenvalue weighted by Crippen LogP contribution is 2.31. The second-order valence-corrected chi connectivity index (χ2v) is 4.13. The molecular weight excluding hydrogens is 222 g/mol. The van der Waals surface area contributed by atoms with Crippen LogP contribution in [0.15, 0.2) is 18.2 Å². The lowest BCUT2D eigenvalue weighted by atomic mass is 10.2. The van der Waals surface area contributed by atoms with Crippen LogP contribution in [0.3, 0.4) is 0 Å². The second-order valence-electron chi connectivity index (χ2n) is 4.13. The van der Waals surface area contributed by atoms with Crippen molar-refractivity contribution in [2.24, 2.45) is 0 Å². The first-order valence-electron chi connectivity index (χ1n) is 5.61. The number of nitro groups is 1. The van der Waals surface area contributed by atoms with Crippen molar-refractivity contribution in [1.82, 2.24) is 0 Å². The lowest BCUT2D eigenvalue weighted by molar-refractivity contribution is -0.386. The SMILES string of the molecule is O=Cc1ccc(OC2CCCC2)c([N+](=O)[O-])c1. The molecule has 1 aliphatic carbocycles. The molecule has 0 saturated heterocycles. The van der Waals surface area contributed by atoms with Gasteiger partial charge in [-0.2, -0.15) is 0 Å². The fourth-order valence-corrected chi connectivity index (χ4v) is 2.04. The van der Waals surface area contributed by atoms with Crippen molar-refractivity contribution >= 4 is 12.0 Å². The first kappa shape index (κ1) is 11.6. The smallest absolute Gasteiger partial charge is 0.311 e. The van der Waals surface area contributed by atoms with E-state index in [1.165, 1.54) is 18.2 Å². The molecule has 1 saturated carbocycles. The molecule has 5 nitrogen and oxygen atoms in total. The van der Waals surface area contributed by atoms with Crippen LogP contribution in [0.4, 0.5) is 5.69 Å². The summed E-state index contributed by atoms with van der Waals surface area (Å²) in [4.78, 5) is 20.9. The maximum atomic E-state index is 10.9. The Morgan fingerprint density at radius 3 is 2.65 bits per heavy atom. The van der Waals surface area contributed by atoms with Crippen LogP contribution in [0.25, 0.3) is 0 Å². The first-order chi connectivity index (χ1) is 8.20. The van der Waals surface area contributed by atoms with Crippen molar-refractivity contribution in [3.8, 4) is 5.75 Å². The molecule has 17 heavy (non-hydrogen) atoms. The molecule has 0 unspecified atom stereocenters. The summed E-state index contributed by atoms with van der Waals surface area (Å²) in [6.45, 7) is 0. The quantitative estimate of drug-likeness (QED) is 0.457. The van der Waals surface area contributed by atoms with Gasteiger partial charge in [0.05, 0.1) is 11.0 Å². The fourth-order valence-electron chi connectivity index (χ4n) is 2.04. The minimum atomic E-state index is -0.517. The summed E-state index contributed by atoms with van der Waals surface area (Å²) in [6.07, 6.45) is 4.73. The van der Waals surface area contributed by atoms with Gasteiger partial charge in [0.15, 0.2) is 5.75 Å². The number of nitrogens with zero attached hydrogens (tertiary/aromatic N) is 1. The van der Waals surface area contributed by atoms with Crippen molar-refractivity contribution in [3.05, 3.63) is 33.9 Å². The van der Waals surface area contributed by atoms with Gasteiger partial charge in [0.1, 0.15) is 6.29 Å². The van der Waals surface area contributed by atoms with Crippen LogP contribution in [-0.2, 0) is 0 Å². The molecule has 1 fully saturated rings. The van der Waals surface area contributed by atoms with E-state index < -0.39 is 4.92 Å². The Hall–Kier alpha value is -1.91. The lowest BCUT2D eigenvalue weighted by Gasteiger charge is -2.12. The second kappa shape index (κ2) is 4.95. The lowest BCUT2D eigenvalue weighted by Crippen LogP contribution is -2.12. The third-order valence-electron chi connectivity index (χ3n) is 2.91. The minimum absolute atomic E-state index is 0.0655. The van der Waals surface area contributed by atoms with Crippen LogP contribution in [0, 0.1) is 10.1 Å². The van der Waals surface area contributed by atoms with Gasteiger partial charge in [-0.1, -0.05) is 0 Å². The van der Waals surface area contributed by atoms with E-state index in [4.69, 9.17) is 4.74 Å². The number of carbonyl (C=O) groups excluding carboxylic acids is 1. The Balaban J connectivity index is 2.25. The molecule has 2 rings (SSSR count). The van der Waals surface area contributed by atoms with Crippen molar-refractivity contribution < 1.29 is 14.5 Å². The van der Waals surface area contributed by atoms with Crippen molar-refractivity contribution in [2.75, 3.05) is 0 Å². The number of aldehydes is 1. The zero-order valence-electron chi connectivity index (χ0n) is 9.30. The van der Waals surface area contributed by atoms with E-state index in [1.54, 1.807) is 0 Å². The van der Waals surface area contributed by atoms with Crippen molar-refractivity contribution in [3.63, 3.8) is 0 Å². The average molecular weight is 235 g/mol. The molecule has 0 amide bonds. The van der Waals surface area contributed by atoms with E-state index in [0.717, 1.165) is 25.7 Å². The van der Waals surface area contributed by atoms with E-state index >= 15 is 0 Å². The third kappa shape index (κ3) is 2.61. The van der Waals surface area contributed by atoms with Crippen LogP contribution >= 0.6 is 0 Å². The Morgan fingerprint density at radius 2 is 2.06 bits per heavy atom. The number of hydrogen-bond donors (Lipinski definition) is 0. The molecule has 0 aromatic heterocycles. The maximum Gasteiger partial charge on any atom is 0.311 e. The molecule has 0 spiro atoms. The standard InChI is InChI=1S/C12H13NO4/c14-8-9-5-6-12(11(7-9)13(15)16)17-10-3-1-2-4-10/h5-8,10H,1-4H2. The summed E-state index contributed by atoms with van der Waals surface area (Å²) in [5.74, 6) is 0.257. The average Bonchev–Trinajstić information content (AvgIpc) is 2.82. The van der Waals surface area contributed by atoms with E-state index in [0.29, 0.717) is 6.29 Å². The van der Waals surface area contributed by atoms with Crippen LogP contribution in [0.2, 0.25) is 0 Å². The third-order valence-corrected chi connectivity index (χ3v) is 2.91. The molecule has 1 aromatic carbocycles. The highest BCUT2D eigenvalue weighted by Gasteiger charge is 2.22. The Morgan fingerprint density at radius 1 is 1.35 bits per heavy atom. The van der Waals surface area contributed by atoms with Gasteiger partial charge in [-0.25, -0.2) is 0 Å². The van der Waals surface area contributed by atoms with Gasteiger partial charge >= 0.3 is 5.69 Å². The van der Waals surface area contributed by atoms with Gasteiger partial charge < -0.3 is 4.74 Å². The Labute approximate surface area is 98.5 Å². The van der Waals surface area contributed by atoms with E-state index in [9.17, 15) is 14.9 Å². The number of rotatable bonds is 4. The van der Waals surface area contributed by atoms with Gasteiger partial charge in [-0.3, -0.25) is 14.9 Å². The first-order valence-corrected chi connectivity index (χ1v) is 5.61. The van der Waals surface area contributed by atoms with Crippen molar-refractivity contribution in [1.29, 1.82) is 0 Å². The van der Waals surface area contributed by atoms with Gasteiger partial charge in [0, 0.05) is 11.6 Å². The number of hydrogen-bond acceptors (Lipinski definition) is 4. The van der Waals surface area contributed by atoms with Crippen LogP contribution in [0.5, 0.6) is 5.75 Å². The summed E-state index contributed by atoms with van der Waals surface area (Å²) in [7, 11) is 0. The molecule has 90 valence electrons. The van der Waals surface area contributed by atoms with E-state index in [2.05, 4.69) is 0 Å². The number of carbonyl (C=O) groups is 1. The summed E-state index contributed by atoms with van der Waals surface area (Å²) in [5, 5.41) is 10.9. The molecule has 0 atom stereocenters. The number of ether oxygens (including phenoxy) is 1. The van der Waals surface area contributed by atoms with Crippen LogP contribution in [0.1, 0.15) is 36.0 Å². The molecule has 0 radical (unpaired) electrons. The number of benzene rings is 1. The molecule has 0 aliphatic heterocycles. The maximum absolute atomic E-state index is 10.9. The highest BCUT2D eigenvalue weighted by molar-refractivity contribution is 5.77. The summed E-state index contributed by atoms with van der Waals surface area (Å²) < 4.78 is 5.61. The van der Waals surface area contributed by atoms with Gasteiger partial charge in [0.25, 0.3) is 0 Å². The predicted octanol–water partition coefficient (Wildman–Crippen LogP) is 2.73. The fraction of sp³-hybridized carbons (Fsp3) is 0.417. The molecule has 5 heteroatoms. The summed E-state index contributed by atoms with van der Waals surface area (Å²) in [5.41, 5.74) is 0.150. The summed E-state index contributed by atoms with van der Waals surface area (Å²) in [6, 6.07) is 4.28. The Bertz CT molecular complexity index is 438. The van der Waals surface area contributed by atoms with Crippen LogP contribution in [-0.4, -0.2) is 17.3 Å². The van der Waals surface area contributed by atoms with Crippen LogP contribution < -0.4 is 4.74 Å². The number of nitro benzene ring substituents is 1. The minimum Gasteiger partial charge on any atom is -0.484 e. The normalized spacial score (nSPS) is 15.8. The van der Waals surface area contributed by atoms with Gasteiger partial charge in [-0.15, -0.1) is 0 Å². The molecule has 1 aromatic rings. The Kier molecular flexibility index (Phi) is 3.37. The molecular formula is C12H13NO4. The summed E-state index contributed by atoms with van der Waals surface area (Å²) >= 11 is 0. The zero-order chi connectivity index (χ0) is 12.3. The van der Waals surface area contributed by atoms with Gasteiger partial charge in [0.2, 0.25) is 0 Å². The molecule has 0 N–H and O–H groups in total. The monoisotopic (exact) mass is 235 g/mol. The molecule has 0 bridgehead atoms. The molecule has 1 aliphatic rings.